The second-order valence-corrected chi connectivity index (χ2v) is 5.03. The van der Waals surface area contributed by atoms with E-state index in [0.717, 1.165) is 5.82 Å². The van der Waals surface area contributed by atoms with Gasteiger partial charge in [0.1, 0.15) is 5.82 Å². The normalized spacial score (nSPS) is 11.9. The molecule has 2 N–H and O–H groups in total. The average molecular weight is 282 g/mol. The number of carboxylic acid groups (broad SMARTS) is 1. The van der Waals surface area contributed by atoms with Gasteiger partial charge in [0.25, 0.3) is 0 Å². The average Bonchev–Trinajstić information content (AvgIpc) is 2.79. The molecule has 0 fully saturated rings. The fraction of sp³-hybridized carbons (Fsp3) is 0.615. The third-order valence-corrected chi connectivity index (χ3v) is 3.10. The molecule has 0 aliphatic carbocycles. The van der Waals surface area contributed by atoms with Crippen molar-refractivity contribution >= 4 is 12.0 Å². The van der Waals surface area contributed by atoms with Gasteiger partial charge in [0.2, 0.25) is 0 Å². The van der Waals surface area contributed by atoms with Crippen LogP contribution < -0.4 is 5.32 Å². The highest BCUT2D eigenvalue weighted by Gasteiger charge is 2.13. The van der Waals surface area contributed by atoms with Crippen LogP contribution in [0.2, 0.25) is 0 Å². The van der Waals surface area contributed by atoms with E-state index in [9.17, 15) is 9.59 Å². The first-order chi connectivity index (χ1) is 9.40. The Morgan fingerprint density at radius 3 is 2.80 bits per heavy atom. The summed E-state index contributed by atoms with van der Waals surface area (Å²) in [7, 11) is 3.58. The highest BCUT2D eigenvalue weighted by molar-refractivity contribution is 5.73. The van der Waals surface area contributed by atoms with E-state index in [1.807, 2.05) is 24.7 Å². The Labute approximate surface area is 118 Å². The largest absolute Gasteiger partial charge is 0.481 e. The zero-order valence-electron chi connectivity index (χ0n) is 12.2. The molecule has 7 nitrogen and oxygen atoms in total. The van der Waals surface area contributed by atoms with Crippen molar-refractivity contribution in [3.63, 3.8) is 0 Å². The molecule has 1 aromatic heterocycles. The number of hydrogen-bond donors (Lipinski definition) is 2. The van der Waals surface area contributed by atoms with Gasteiger partial charge >= 0.3 is 12.0 Å². The van der Waals surface area contributed by atoms with Crippen LogP contribution in [0.1, 0.15) is 25.6 Å². The molecule has 1 aromatic rings. The predicted molar refractivity (Wildman–Crippen MR) is 74.1 cm³/mol. The molecule has 0 saturated carbocycles. The van der Waals surface area contributed by atoms with E-state index >= 15 is 0 Å². The number of urea groups is 1. The van der Waals surface area contributed by atoms with E-state index in [2.05, 4.69) is 10.3 Å². The summed E-state index contributed by atoms with van der Waals surface area (Å²) >= 11 is 0. The molecule has 2 amide bonds. The standard InChI is InChI=1S/C13H22N4O3/c1-10(4-5-12(18)19)8-15-13(20)17(3)9-11-14-6-7-16(11)2/h6-7,10H,4-5,8-9H2,1-3H3,(H,15,20)(H,18,19). The fourth-order valence-corrected chi connectivity index (χ4v) is 1.70. The minimum atomic E-state index is -0.810. The van der Waals surface area contributed by atoms with Crippen molar-refractivity contribution in [2.75, 3.05) is 13.6 Å². The number of nitrogens with one attached hydrogen (secondary N) is 1. The van der Waals surface area contributed by atoms with Gasteiger partial charge in [-0.05, 0) is 12.3 Å². The Kier molecular flexibility index (Phi) is 6.02. The van der Waals surface area contributed by atoms with Crippen molar-refractivity contribution in [1.82, 2.24) is 19.8 Å². The lowest BCUT2D eigenvalue weighted by atomic mass is 10.1. The van der Waals surface area contributed by atoms with Gasteiger partial charge in [0, 0.05) is 39.5 Å². The molecule has 0 aliphatic heterocycles. The summed E-state index contributed by atoms with van der Waals surface area (Å²) in [6, 6.07) is -0.185. The second kappa shape index (κ2) is 7.52. The van der Waals surface area contributed by atoms with Gasteiger partial charge < -0.3 is 19.9 Å². The number of carboxylic acids is 1. The maximum absolute atomic E-state index is 11.9. The molecule has 1 heterocycles. The van der Waals surface area contributed by atoms with Gasteiger partial charge in [-0.3, -0.25) is 4.79 Å². The Bertz CT molecular complexity index is 458. The number of imidazole rings is 1. The van der Waals surface area contributed by atoms with Gasteiger partial charge in [-0.2, -0.15) is 0 Å². The summed E-state index contributed by atoms with van der Waals surface area (Å²) in [6.45, 7) is 2.82. The molecule has 7 heteroatoms. The molecule has 1 rings (SSSR count). The van der Waals surface area contributed by atoms with Crippen LogP contribution in [0.4, 0.5) is 4.79 Å². The Balaban J connectivity index is 2.31. The van der Waals surface area contributed by atoms with Crippen molar-refractivity contribution in [3.05, 3.63) is 18.2 Å². The van der Waals surface area contributed by atoms with Crippen LogP contribution in [-0.2, 0) is 18.4 Å². The van der Waals surface area contributed by atoms with Crippen molar-refractivity contribution in [1.29, 1.82) is 0 Å². The van der Waals surface area contributed by atoms with Crippen LogP contribution in [0, 0.1) is 5.92 Å². The van der Waals surface area contributed by atoms with Gasteiger partial charge in [0.05, 0.1) is 6.54 Å². The first kappa shape index (κ1) is 16.0. The van der Waals surface area contributed by atoms with Gasteiger partial charge in [-0.25, -0.2) is 9.78 Å². The van der Waals surface area contributed by atoms with Crippen LogP contribution in [0.25, 0.3) is 0 Å². The Morgan fingerprint density at radius 1 is 1.55 bits per heavy atom. The third kappa shape index (κ3) is 5.29. The molecule has 0 spiro atoms. The molecule has 1 atom stereocenters. The molecule has 0 aliphatic rings. The number of hydrogen-bond acceptors (Lipinski definition) is 3. The summed E-state index contributed by atoms with van der Waals surface area (Å²) in [4.78, 5) is 28.0. The van der Waals surface area contributed by atoms with Crippen molar-refractivity contribution in [2.24, 2.45) is 13.0 Å². The first-order valence-corrected chi connectivity index (χ1v) is 6.57. The van der Waals surface area contributed by atoms with E-state index < -0.39 is 5.97 Å². The van der Waals surface area contributed by atoms with Crippen molar-refractivity contribution in [3.8, 4) is 0 Å². The summed E-state index contributed by atoms with van der Waals surface area (Å²) < 4.78 is 1.86. The lowest BCUT2D eigenvalue weighted by Crippen LogP contribution is -2.39. The number of rotatable bonds is 7. The number of aromatic nitrogens is 2. The monoisotopic (exact) mass is 282 g/mol. The van der Waals surface area contributed by atoms with Gasteiger partial charge in [0.15, 0.2) is 0 Å². The smallest absolute Gasteiger partial charge is 0.317 e. The number of carbonyl (C=O) groups is 2. The molecule has 0 aromatic carbocycles. The minimum Gasteiger partial charge on any atom is -0.481 e. The van der Waals surface area contributed by atoms with Crippen LogP contribution in [0.15, 0.2) is 12.4 Å². The van der Waals surface area contributed by atoms with Crippen LogP contribution in [-0.4, -0.2) is 45.2 Å². The SMILES string of the molecule is CC(CCC(=O)O)CNC(=O)N(C)Cc1nccn1C. The van der Waals surface area contributed by atoms with Crippen LogP contribution >= 0.6 is 0 Å². The van der Waals surface area contributed by atoms with E-state index in [4.69, 9.17) is 5.11 Å². The fourth-order valence-electron chi connectivity index (χ4n) is 1.70. The molecule has 1 unspecified atom stereocenters. The minimum absolute atomic E-state index is 0.125. The highest BCUT2D eigenvalue weighted by Crippen LogP contribution is 2.05. The number of amides is 2. The summed E-state index contributed by atoms with van der Waals surface area (Å²) in [5.74, 6) is 0.133. The zero-order valence-corrected chi connectivity index (χ0v) is 12.2. The molecule has 20 heavy (non-hydrogen) atoms. The number of nitrogens with zero attached hydrogens (tertiary/aromatic N) is 3. The van der Waals surface area contributed by atoms with E-state index in [1.165, 1.54) is 0 Å². The summed E-state index contributed by atoms with van der Waals surface area (Å²) in [5, 5.41) is 11.4. The topological polar surface area (TPSA) is 87.5 Å². The Hall–Kier alpha value is -2.05. The van der Waals surface area contributed by atoms with E-state index in [0.29, 0.717) is 19.5 Å². The zero-order chi connectivity index (χ0) is 15.1. The molecule has 0 bridgehead atoms. The quantitative estimate of drug-likeness (QED) is 0.783. The first-order valence-electron chi connectivity index (χ1n) is 6.57. The van der Waals surface area contributed by atoms with Crippen molar-refractivity contribution in [2.45, 2.75) is 26.3 Å². The van der Waals surface area contributed by atoms with Crippen molar-refractivity contribution < 1.29 is 14.7 Å². The predicted octanol–water partition coefficient (Wildman–Crippen LogP) is 1.06. The molecule has 0 radical (unpaired) electrons. The lowest BCUT2D eigenvalue weighted by Gasteiger charge is -2.19. The van der Waals surface area contributed by atoms with Gasteiger partial charge in [-0.15, -0.1) is 0 Å². The summed E-state index contributed by atoms with van der Waals surface area (Å²) in [5.41, 5.74) is 0. The lowest BCUT2D eigenvalue weighted by molar-refractivity contribution is -0.137. The second-order valence-electron chi connectivity index (χ2n) is 5.03. The van der Waals surface area contributed by atoms with E-state index in [-0.39, 0.29) is 18.4 Å². The molecule has 112 valence electrons. The van der Waals surface area contributed by atoms with E-state index in [1.54, 1.807) is 18.1 Å². The molecular formula is C13H22N4O3. The van der Waals surface area contributed by atoms with Crippen LogP contribution in [0.3, 0.4) is 0 Å². The molecular weight excluding hydrogens is 260 g/mol. The number of aryl methyl sites for hydroxylation is 1. The Morgan fingerprint density at radius 2 is 2.25 bits per heavy atom. The highest BCUT2D eigenvalue weighted by atomic mass is 16.4. The number of carbonyl (C=O) groups excluding carboxylic acids is 1. The summed E-state index contributed by atoms with van der Waals surface area (Å²) in [6.07, 6.45) is 4.20. The van der Waals surface area contributed by atoms with Gasteiger partial charge in [-0.1, -0.05) is 6.92 Å². The number of aliphatic carboxylic acids is 1. The maximum Gasteiger partial charge on any atom is 0.317 e. The maximum atomic E-state index is 11.9. The van der Waals surface area contributed by atoms with Crippen LogP contribution in [0.5, 0.6) is 0 Å². The third-order valence-electron chi connectivity index (χ3n) is 3.10. The molecule has 0 saturated heterocycles.